The molecule has 2 aromatic rings. The number of aromatic nitrogens is 2. The van der Waals surface area contributed by atoms with Crippen LogP contribution in [-0.4, -0.2) is 39.4 Å². The summed E-state index contributed by atoms with van der Waals surface area (Å²) in [6, 6.07) is 6.70. The van der Waals surface area contributed by atoms with E-state index in [1.807, 2.05) is 22.0 Å². The predicted molar refractivity (Wildman–Crippen MR) is 103 cm³/mol. The molecule has 5 heteroatoms. The van der Waals surface area contributed by atoms with Crippen molar-refractivity contribution in [1.82, 2.24) is 14.7 Å². The van der Waals surface area contributed by atoms with E-state index in [9.17, 15) is 4.79 Å². The first-order chi connectivity index (χ1) is 12.6. The highest BCUT2D eigenvalue weighted by molar-refractivity contribution is 6.14. The Hall–Kier alpha value is -2.69. The SMILES string of the molecule is CCc1cccc2c1CCN1C(=O)CN=C(c3cnn(C(C)C)c3)C=C21. The van der Waals surface area contributed by atoms with Crippen molar-refractivity contribution in [2.45, 2.75) is 39.7 Å². The van der Waals surface area contributed by atoms with E-state index in [1.165, 1.54) is 11.1 Å². The second kappa shape index (κ2) is 6.56. The molecule has 0 unspecified atom stereocenters. The molecule has 1 aromatic carbocycles. The Morgan fingerprint density at radius 3 is 2.85 bits per heavy atom. The number of hydrogen-bond acceptors (Lipinski definition) is 3. The topological polar surface area (TPSA) is 50.5 Å². The van der Waals surface area contributed by atoms with Gasteiger partial charge in [0.25, 0.3) is 0 Å². The fourth-order valence-electron chi connectivity index (χ4n) is 3.75. The predicted octanol–water partition coefficient (Wildman–Crippen LogP) is 3.25. The van der Waals surface area contributed by atoms with Crippen LogP contribution in [0.25, 0.3) is 5.70 Å². The average molecular weight is 348 g/mol. The average Bonchev–Trinajstić information content (AvgIpc) is 3.08. The largest absolute Gasteiger partial charge is 0.310 e. The van der Waals surface area contributed by atoms with Crippen molar-refractivity contribution in [2.75, 3.05) is 13.1 Å². The van der Waals surface area contributed by atoms with Crippen LogP contribution in [0.1, 0.15) is 49.1 Å². The van der Waals surface area contributed by atoms with Crippen LogP contribution in [-0.2, 0) is 17.6 Å². The van der Waals surface area contributed by atoms with Crippen LogP contribution in [0.4, 0.5) is 0 Å². The van der Waals surface area contributed by atoms with Gasteiger partial charge in [0.05, 0.1) is 17.6 Å². The summed E-state index contributed by atoms with van der Waals surface area (Å²) in [6.45, 7) is 7.29. The van der Waals surface area contributed by atoms with Gasteiger partial charge in [-0.15, -0.1) is 0 Å². The number of aryl methyl sites for hydroxylation is 1. The van der Waals surface area contributed by atoms with Gasteiger partial charge in [-0.05, 0) is 43.9 Å². The third-order valence-electron chi connectivity index (χ3n) is 5.19. The van der Waals surface area contributed by atoms with Crippen LogP contribution < -0.4 is 0 Å². The molecule has 2 aliphatic heterocycles. The van der Waals surface area contributed by atoms with Crippen LogP contribution in [0.15, 0.2) is 41.7 Å². The minimum Gasteiger partial charge on any atom is -0.310 e. The van der Waals surface area contributed by atoms with Crippen molar-refractivity contribution >= 4 is 17.3 Å². The molecule has 3 heterocycles. The fourth-order valence-corrected chi connectivity index (χ4v) is 3.75. The second-order valence-electron chi connectivity index (χ2n) is 7.13. The summed E-state index contributed by atoms with van der Waals surface area (Å²) in [5, 5.41) is 4.42. The Bertz CT molecular complexity index is 920. The molecular formula is C21H24N4O. The molecule has 4 rings (SSSR count). The van der Waals surface area contributed by atoms with E-state index >= 15 is 0 Å². The first-order valence-electron chi connectivity index (χ1n) is 9.30. The van der Waals surface area contributed by atoms with Crippen molar-refractivity contribution in [3.63, 3.8) is 0 Å². The molecule has 0 bridgehead atoms. The van der Waals surface area contributed by atoms with Crippen molar-refractivity contribution < 1.29 is 4.79 Å². The lowest BCUT2D eigenvalue weighted by Crippen LogP contribution is -2.36. The third-order valence-corrected chi connectivity index (χ3v) is 5.19. The third kappa shape index (κ3) is 2.77. The van der Waals surface area contributed by atoms with Gasteiger partial charge in [0.2, 0.25) is 5.91 Å². The van der Waals surface area contributed by atoms with Gasteiger partial charge in [-0.25, -0.2) is 0 Å². The summed E-state index contributed by atoms with van der Waals surface area (Å²) < 4.78 is 1.92. The van der Waals surface area contributed by atoms with E-state index < -0.39 is 0 Å². The van der Waals surface area contributed by atoms with Crippen LogP contribution in [0.5, 0.6) is 0 Å². The Morgan fingerprint density at radius 1 is 1.27 bits per heavy atom. The molecule has 1 amide bonds. The molecule has 26 heavy (non-hydrogen) atoms. The lowest BCUT2D eigenvalue weighted by molar-refractivity contribution is -0.126. The Balaban J connectivity index is 1.82. The summed E-state index contributed by atoms with van der Waals surface area (Å²) in [4.78, 5) is 19.1. The molecule has 5 nitrogen and oxygen atoms in total. The first kappa shape index (κ1) is 16.8. The van der Waals surface area contributed by atoms with E-state index in [2.05, 4.69) is 55.1 Å². The van der Waals surface area contributed by atoms with E-state index in [0.29, 0.717) is 6.04 Å². The number of nitrogens with zero attached hydrogens (tertiary/aromatic N) is 4. The number of aliphatic imine (C=N–C) groups is 1. The summed E-state index contributed by atoms with van der Waals surface area (Å²) >= 11 is 0. The summed E-state index contributed by atoms with van der Waals surface area (Å²) in [5.41, 5.74) is 6.65. The number of carbonyl (C=O) groups is 1. The zero-order valence-corrected chi connectivity index (χ0v) is 15.6. The zero-order valence-electron chi connectivity index (χ0n) is 15.6. The number of fused-ring (bicyclic) bond motifs is 3. The van der Waals surface area contributed by atoms with Crippen molar-refractivity contribution in [1.29, 1.82) is 0 Å². The highest BCUT2D eigenvalue weighted by atomic mass is 16.2. The van der Waals surface area contributed by atoms with Gasteiger partial charge in [-0.2, -0.15) is 5.10 Å². The van der Waals surface area contributed by atoms with Gasteiger partial charge in [0.1, 0.15) is 6.54 Å². The minimum absolute atomic E-state index is 0.0649. The van der Waals surface area contributed by atoms with Crippen molar-refractivity contribution in [3.8, 4) is 0 Å². The van der Waals surface area contributed by atoms with Gasteiger partial charge in [-0.3, -0.25) is 14.5 Å². The Kier molecular flexibility index (Phi) is 4.23. The molecule has 0 saturated heterocycles. The van der Waals surface area contributed by atoms with Gasteiger partial charge in [0.15, 0.2) is 0 Å². The molecule has 0 spiro atoms. The monoisotopic (exact) mass is 348 g/mol. The van der Waals surface area contributed by atoms with Gasteiger partial charge in [-0.1, -0.05) is 25.1 Å². The number of amides is 1. The number of allylic oxidation sites excluding steroid dienone is 1. The highest BCUT2D eigenvalue weighted by Gasteiger charge is 2.29. The lowest BCUT2D eigenvalue weighted by atomic mass is 9.90. The van der Waals surface area contributed by atoms with Crippen LogP contribution in [0, 0.1) is 0 Å². The normalized spacial score (nSPS) is 16.8. The van der Waals surface area contributed by atoms with Gasteiger partial charge in [0, 0.05) is 29.9 Å². The quantitative estimate of drug-likeness (QED) is 0.855. The molecule has 0 fully saturated rings. The highest BCUT2D eigenvalue weighted by Crippen LogP contribution is 2.32. The molecule has 0 atom stereocenters. The fraction of sp³-hybridized carbons (Fsp3) is 0.381. The van der Waals surface area contributed by atoms with E-state index in [-0.39, 0.29) is 12.5 Å². The standard InChI is InChI=1S/C21H24N4O/c1-4-15-6-5-7-18-17(15)8-9-24-20(18)10-19(22-12-21(24)26)16-11-23-25(13-16)14(2)3/h5-7,10-11,13-14H,4,8-9,12H2,1-3H3. The molecule has 0 aliphatic carbocycles. The van der Waals surface area contributed by atoms with Crippen LogP contribution in [0.2, 0.25) is 0 Å². The van der Waals surface area contributed by atoms with Crippen LogP contribution >= 0.6 is 0 Å². The molecule has 1 aromatic heterocycles. The Labute approximate surface area is 154 Å². The second-order valence-corrected chi connectivity index (χ2v) is 7.13. The molecule has 2 aliphatic rings. The zero-order chi connectivity index (χ0) is 18.3. The molecular weight excluding hydrogens is 324 g/mol. The van der Waals surface area contributed by atoms with E-state index in [4.69, 9.17) is 0 Å². The van der Waals surface area contributed by atoms with Gasteiger partial charge < -0.3 is 4.90 Å². The van der Waals surface area contributed by atoms with E-state index in [1.54, 1.807) is 0 Å². The summed E-state index contributed by atoms with van der Waals surface area (Å²) in [5.74, 6) is 0.0649. The van der Waals surface area contributed by atoms with Crippen molar-refractivity contribution in [3.05, 3.63) is 58.9 Å². The number of carbonyl (C=O) groups excluding carboxylic acids is 1. The molecule has 134 valence electrons. The number of rotatable bonds is 3. The maximum Gasteiger partial charge on any atom is 0.248 e. The number of hydrogen-bond donors (Lipinski definition) is 0. The first-order valence-corrected chi connectivity index (χ1v) is 9.30. The molecule has 0 saturated carbocycles. The maximum absolute atomic E-state index is 12.7. The lowest BCUT2D eigenvalue weighted by Gasteiger charge is -2.31. The van der Waals surface area contributed by atoms with Crippen molar-refractivity contribution in [2.24, 2.45) is 4.99 Å². The van der Waals surface area contributed by atoms with Crippen LogP contribution in [0.3, 0.4) is 0 Å². The number of benzene rings is 1. The molecule has 0 radical (unpaired) electrons. The smallest absolute Gasteiger partial charge is 0.248 e. The Morgan fingerprint density at radius 2 is 2.12 bits per heavy atom. The molecule has 0 N–H and O–H groups in total. The van der Waals surface area contributed by atoms with E-state index in [0.717, 1.165) is 41.9 Å². The summed E-state index contributed by atoms with van der Waals surface area (Å²) in [7, 11) is 0. The van der Waals surface area contributed by atoms with Gasteiger partial charge >= 0.3 is 0 Å². The maximum atomic E-state index is 12.7. The minimum atomic E-state index is 0.0649. The summed E-state index contributed by atoms with van der Waals surface area (Å²) in [6.07, 6.45) is 7.81.